The highest BCUT2D eigenvalue weighted by Crippen LogP contribution is 2.17. The molecule has 0 radical (unpaired) electrons. The van der Waals surface area contributed by atoms with Crippen LogP contribution in [0.25, 0.3) is 0 Å². The van der Waals surface area contributed by atoms with Gasteiger partial charge in [-0.3, -0.25) is 0 Å². The fourth-order valence-corrected chi connectivity index (χ4v) is 2.42. The van der Waals surface area contributed by atoms with E-state index in [1.165, 1.54) is 44.9 Å². The quantitative estimate of drug-likeness (QED) is 0.629. The average molecular weight is 290 g/mol. The summed E-state index contributed by atoms with van der Waals surface area (Å²) in [5.41, 5.74) is 2.21. The standard InChI is InChI=1S/C18H29NO2/c1-3-4-5-6-7-8-9-10-13-19-17-14-16(18(20)21)12-11-15(17)2/h11-12,14,19H,3-10,13H2,1-2H3,(H,20,21)/p-1. The summed E-state index contributed by atoms with van der Waals surface area (Å²) in [7, 11) is 0. The van der Waals surface area contributed by atoms with Crippen molar-refractivity contribution in [1.29, 1.82) is 0 Å². The van der Waals surface area contributed by atoms with Gasteiger partial charge >= 0.3 is 0 Å². The number of rotatable bonds is 11. The first kappa shape index (κ1) is 17.5. The van der Waals surface area contributed by atoms with Crippen molar-refractivity contribution in [3.8, 4) is 0 Å². The van der Waals surface area contributed by atoms with Crippen LogP contribution in [0.1, 0.15) is 74.2 Å². The number of carboxylic acids is 1. The van der Waals surface area contributed by atoms with E-state index < -0.39 is 5.97 Å². The van der Waals surface area contributed by atoms with Gasteiger partial charge in [0.1, 0.15) is 0 Å². The molecule has 0 atom stereocenters. The number of carbonyl (C=O) groups is 1. The molecule has 0 fully saturated rings. The highest BCUT2D eigenvalue weighted by atomic mass is 16.4. The minimum Gasteiger partial charge on any atom is -0.545 e. The Bertz CT molecular complexity index is 429. The van der Waals surface area contributed by atoms with Crippen molar-refractivity contribution < 1.29 is 9.90 Å². The number of aryl methyl sites for hydroxylation is 1. The van der Waals surface area contributed by atoms with Crippen LogP contribution in [-0.4, -0.2) is 12.5 Å². The van der Waals surface area contributed by atoms with E-state index in [-0.39, 0.29) is 5.56 Å². The number of unbranched alkanes of at least 4 members (excludes halogenated alkanes) is 7. The second-order valence-electron chi connectivity index (χ2n) is 5.72. The van der Waals surface area contributed by atoms with Crippen molar-refractivity contribution in [3.05, 3.63) is 29.3 Å². The SMILES string of the molecule is CCCCCCCCCCNc1cc(C(=O)[O-])ccc1C. The molecule has 1 aromatic carbocycles. The Hall–Kier alpha value is -1.51. The molecule has 0 saturated carbocycles. The molecule has 0 aliphatic heterocycles. The lowest BCUT2D eigenvalue weighted by Crippen LogP contribution is -2.22. The molecule has 0 spiro atoms. The van der Waals surface area contributed by atoms with Crippen molar-refractivity contribution in [2.24, 2.45) is 0 Å². The predicted molar refractivity (Wildman–Crippen MR) is 86.6 cm³/mol. The van der Waals surface area contributed by atoms with Crippen LogP contribution in [0.15, 0.2) is 18.2 Å². The van der Waals surface area contributed by atoms with Crippen LogP contribution in [0.2, 0.25) is 0 Å². The Morgan fingerprint density at radius 1 is 1.05 bits per heavy atom. The maximum absolute atomic E-state index is 10.8. The molecule has 1 rings (SSSR count). The van der Waals surface area contributed by atoms with E-state index in [4.69, 9.17) is 0 Å². The van der Waals surface area contributed by atoms with Crippen LogP contribution in [-0.2, 0) is 0 Å². The zero-order valence-corrected chi connectivity index (χ0v) is 13.4. The van der Waals surface area contributed by atoms with Crippen LogP contribution < -0.4 is 10.4 Å². The predicted octanol–water partition coefficient (Wildman–Crippen LogP) is 3.91. The summed E-state index contributed by atoms with van der Waals surface area (Å²) in [6, 6.07) is 5.07. The number of benzene rings is 1. The largest absolute Gasteiger partial charge is 0.545 e. The number of carboxylic acid groups (broad SMARTS) is 1. The molecule has 3 nitrogen and oxygen atoms in total. The Balaban J connectivity index is 2.18. The molecule has 21 heavy (non-hydrogen) atoms. The summed E-state index contributed by atoms with van der Waals surface area (Å²) in [6.45, 7) is 5.12. The van der Waals surface area contributed by atoms with Crippen molar-refractivity contribution in [2.45, 2.75) is 65.2 Å². The molecule has 3 heteroatoms. The third kappa shape index (κ3) is 7.16. The lowest BCUT2D eigenvalue weighted by atomic mass is 10.1. The minimum atomic E-state index is -1.12. The van der Waals surface area contributed by atoms with E-state index in [1.807, 2.05) is 13.0 Å². The Labute approximate surface area is 128 Å². The van der Waals surface area contributed by atoms with Gasteiger partial charge in [-0.2, -0.15) is 0 Å². The van der Waals surface area contributed by atoms with E-state index in [2.05, 4.69) is 12.2 Å². The van der Waals surface area contributed by atoms with Crippen molar-refractivity contribution in [2.75, 3.05) is 11.9 Å². The van der Waals surface area contributed by atoms with Crippen LogP contribution in [0, 0.1) is 6.92 Å². The number of carbonyl (C=O) groups excluding carboxylic acids is 1. The highest BCUT2D eigenvalue weighted by molar-refractivity contribution is 5.87. The second kappa shape index (κ2) is 10.3. The summed E-state index contributed by atoms with van der Waals surface area (Å²) in [5, 5.41) is 14.2. The normalized spacial score (nSPS) is 10.6. The number of nitrogens with one attached hydrogen (secondary N) is 1. The molecule has 118 valence electrons. The molecule has 0 saturated heterocycles. The molecular formula is C18H28NO2-. The number of hydrogen-bond acceptors (Lipinski definition) is 3. The zero-order chi connectivity index (χ0) is 15.5. The van der Waals surface area contributed by atoms with E-state index in [0.29, 0.717) is 0 Å². The summed E-state index contributed by atoms with van der Waals surface area (Å²) in [4.78, 5) is 10.8. The Kier molecular flexibility index (Phi) is 8.56. The molecule has 0 amide bonds. The third-order valence-electron chi connectivity index (χ3n) is 3.82. The van der Waals surface area contributed by atoms with Gasteiger partial charge in [-0.05, 0) is 30.5 Å². The lowest BCUT2D eigenvalue weighted by Gasteiger charge is -2.12. The van der Waals surface area contributed by atoms with Gasteiger partial charge in [-0.1, -0.05) is 64.0 Å². The molecule has 0 unspecified atom stereocenters. The molecule has 0 heterocycles. The fourth-order valence-electron chi connectivity index (χ4n) is 2.42. The smallest absolute Gasteiger partial charge is 0.0716 e. The van der Waals surface area contributed by atoms with E-state index in [9.17, 15) is 9.90 Å². The molecule has 0 aliphatic rings. The van der Waals surface area contributed by atoms with E-state index in [0.717, 1.165) is 24.2 Å². The van der Waals surface area contributed by atoms with E-state index in [1.54, 1.807) is 12.1 Å². The van der Waals surface area contributed by atoms with Crippen LogP contribution in [0.3, 0.4) is 0 Å². The van der Waals surface area contributed by atoms with E-state index >= 15 is 0 Å². The minimum absolute atomic E-state index is 0.235. The number of anilines is 1. The molecule has 0 aliphatic carbocycles. The average Bonchev–Trinajstić information content (AvgIpc) is 2.47. The fraction of sp³-hybridized carbons (Fsp3) is 0.611. The molecule has 1 N–H and O–H groups in total. The van der Waals surface area contributed by atoms with Gasteiger partial charge in [0.2, 0.25) is 0 Å². The van der Waals surface area contributed by atoms with Gasteiger partial charge < -0.3 is 15.2 Å². The summed E-state index contributed by atoms with van der Waals surface area (Å²) in [5.74, 6) is -1.12. The van der Waals surface area contributed by atoms with Gasteiger partial charge in [0.15, 0.2) is 0 Å². The van der Waals surface area contributed by atoms with Crippen LogP contribution >= 0.6 is 0 Å². The third-order valence-corrected chi connectivity index (χ3v) is 3.82. The Morgan fingerprint density at radius 3 is 2.29 bits per heavy atom. The number of aromatic carboxylic acids is 1. The lowest BCUT2D eigenvalue weighted by molar-refractivity contribution is -0.255. The Morgan fingerprint density at radius 2 is 1.67 bits per heavy atom. The zero-order valence-electron chi connectivity index (χ0n) is 13.4. The summed E-state index contributed by atoms with van der Waals surface area (Å²) >= 11 is 0. The maximum Gasteiger partial charge on any atom is 0.0716 e. The number of hydrogen-bond donors (Lipinski definition) is 1. The first-order chi connectivity index (χ1) is 10.1. The van der Waals surface area contributed by atoms with Crippen molar-refractivity contribution >= 4 is 11.7 Å². The van der Waals surface area contributed by atoms with Gasteiger partial charge in [0.25, 0.3) is 0 Å². The van der Waals surface area contributed by atoms with Gasteiger partial charge in [0, 0.05) is 12.2 Å². The summed E-state index contributed by atoms with van der Waals surface area (Å²) in [6.07, 6.45) is 10.4. The maximum atomic E-state index is 10.8. The van der Waals surface area contributed by atoms with Crippen molar-refractivity contribution in [3.63, 3.8) is 0 Å². The second-order valence-corrected chi connectivity index (χ2v) is 5.72. The van der Waals surface area contributed by atoms with Gasteiger partial charge in [0.05, 0.1) is 5.97 Å². The molecule has 1 aromatic rings. The first-order valence-electron chi connectivity index (χ1n) is 8.21. The monoisotopic (exact) mass is 290 g/mol. The van der Waals surface area contributed by atoms with Gasteiger partial charge in [-0.15, -0.1) is 0 Å². The van der Waals surface area contributed by atoms with Crippen LogP contribution in [0.4, 0.5) is 5.69 Å². The van der Waals surface area contributed by atoms with Gasteiger partial charge in [-0.25, -0.2) is 0 Å². The highest BCUT2D eigenvalue weighted by Gasteiger charge is 2.00. The molecule has 0 aromatic heterocycles. The topological polar surface area (TPSA) is 52.2 Å². The van der Waals surface area contributed by atoms with Crippen LogP contribution in [0.5, 0.6) is 0 Å². The van der Waals surface area contributed by atoms with Crippen molar-refractivity contribution in [1.82, 2.24) is 0 Å². The molecular weight excluding hydrogens is 262 g/mol. The first-order valence-corrected chi connectivity index (χ1v) is 8.21. The molecule has 0 bridgehead atoms. The summed E-state index contributed by atoms with van der Waals surface area (Å²) < 4.78 is 0.